The van der Waals surface area contributed by atoms with Gasteiger partial charge < -0.3 is 15.6 Å². The number of thiazole rings is 1. The Hall–Kier alpha value is -2.82. The van der Waals surface area contributed by atoms with Gasteiger partial charge in [0.25, 0.3) is 0 Å². The Morgan fingerprint density at radius 1 is 1.30 bits per heavy atom. The molecule has 1 atom stereocenters. The van der Waals surface area contributed by atoms with Crippen molar-refractivity contribution in [1.29, 1.82) is 0 Å². The fraction of sp³-hybridized carbons (Fsp3) is 0.478. The van der Waals surface area contributed by atoms with Crippen molar-refractivity contribution in [1.82, 2.24) is 20.2 Å². The lowest BCUT2D eigenvalue weighted by Crippen LogP contribution is -2.42. The van der Waals surface area contributed by atoms with E-state index in [1.165, 1.54) is 30.2 Å². The summed E-state index contributed by atoms with van der Waals surface area (Å²) in [6.07, 6.45) is 4.98. The van der Waals surface area contributed by atoms with Gasteiger partial charge in [0.15, 0.2) is 5.13 Å². The summed E-state index contributed by atoms with van der Waals surface area (Å²) < 4.78 is 0. The van der Waals surface area contributed by atoms with Gasteiger partial charge in [-0.3, -0.25) is 14.5 Å². The summed E-state index contributed by atoms with van der Waals surface area (Å²) in [6, 6.07) is 7.99. The normalized spacial score (nSPS) is 16.7. The lowest BCUT2D eigenvalue weighted by atomic mass is 9.96. The van der Waals surface area contributed by atoms with Gasteiger partial charge in [0.1, 0.15) is 6.34 Å². The van der Waals surface area contributed by atoms with Crippen molar-refractivity contribution in [3.8, 4) is 0 Å². The second kappa shape index (κ2) is 11.9. The third-order valence-electron chi connectivity index (χ3n) is 5.60. The standard InChI is InChI=1S/C23H33N7O2S/c1-16(31)27-23-28-20(11-8-17-6-9-19(10-7-17)25-15-26-24)21(33-23)14-30-12-4-5-18(13-30)22(32)29(2)3/h6-7,9-10,15,18H,4-5,8,11-14,24H2,1-3H3,(H,25,26)(H,27,28,31)/t18-/m0/s1. The van der Waals surface area contributed by atoms with Crippen LogP contribution in [-0.4, -0.2) is 60.1 Å². The van der Waals surface area contributed by atoms with Crippen LogP contribution in [0.3, 0.4) is 0 Å². The summed E-state index contributed by atoms with van der Waals surface area (Å²) in [5, 5.41) is 3.46. The number of likely N-dealkylation sites (tertiary alicyclic amines) is 1. The lowest BCUT2D eigenvalue weighted by molar-refractivity contribution is -0.134. The molecule has 1 aromatic carbocycles. The van der Waals surface area contributed by atoms with Crippen molar-refractivity contribution in [2.45, 2.75) is 39.2 Å². The predicted octanol–water partition coefficient (Wildman–Crippen LogP) is 2.31. The average Bonchev–Trinajstić information content (AvgIpc) is 3.16. The molecular weight excluding hydrogens is 438 g/mol. The predicted molar refractivity (Wildman–Crippen MR) is 132 cm³/mol. The van der Waals surface area contributed by atoms with Crippen molar-refractivity contribution in [2.75, 3.05) is 32.5 Å². The molecule has 1 aliphatic heterocycles. The number of rotatable bonds is 9. The van der Waals surface area contributed by atoms with Crippen LogP contribution in [0.1, 0.15) is 35.9 Å². The third-order valence-corrected chi connectivity index (χ3v) is 6.60. The smallest absolute Gasteiger partial charge is 0.226 e. The van der Waals surface area contributed by atoms with Gasteiger partial charge in [-0.05, 0) is 49.9 Å². The first-order valence-electron chi connectivity index (χ1n) is 11.1. The number of carbonyl (C=O) groups excluding carboxylic acids is 2. The lowest BCUT2D eigenvalue weighted by Gasteiger charge is -2.33. The molecule has 4 N–H and O–H groups in total. The third kappa shape index (κ3) is 7.34. The SMILES string of the molecule is CC(=O)Nc1nc(CCc2ccc(N=CNN)cc2)c(CN2CCC[C@H](C(=O)N(C)C)C2)s1. The number of anilines is 1. The molecule has 0 spiro atoms. The molecule has 3 rings (SSSR count). The Kier molecular flexibility index (Phi) is 8.93. The minimum Gasteiger partial charge on any atom is -0.349 e. The monoisotopic (exact) mass is 471 g/mol. The van der Waals surface area contributed by atoms with Crippen molar-refractivity contribution >= 4 is 40.3 Å². The number of aliphatic imine (C=N–C) groups is 1. The molecule has 1 aromatic heterocycles. The fourth-order valence-corrected chi connectivity index (χ4v) is 5.10. The van der Waals surface area contributed by atoms with Gasteiger partial charge >= 0.3 is 0 Å². The van der Waals surface area contributed by atoms with E-state index in [1.807, 2.05) is 38.4 Å². The maximum atomic E-state index is 12.5. The van der Waals surface area contributed by atoms with Crippen LogP contribution < -0.4 is 16.6 Å². The number of hydrogen-bond acceptors (Lipinski definition) is 7. The van der Waals surface area contributed by atoms with Gasteiger partial charge in [-0.2, -0.15) is 0 Å². The number of nitrogens with two attached hydrogens (primary N) is 1. The highest BCUT2D eigenvalue weighted by Crippen LogP contribution is 2.28. The van der Waals surface area contributed by atoms with Crippen molar-refractivity contribution in [3.63, 3.8) is 0 Å². The molecule has 2 amide bonds. The molecule has 0 radical (unpaired) electrons. The van der Waals surface area contributed by atoms with Crippen LogP contribution >= 0.6 is 11.3 Å². The molecule has 1 fully saturated rings. The fourth-order valence-electron chi connectivity index (χ4n) is 4.00. The second-order valence-corrected chi connectivity index (χ2v) is 9.55. The highest BCUT2D eigenvalue weighted by Gasteiger charge is 2.27. The summed E-state index contributed by atoms with van der Waals surface area (Å²) >= 11 is 1.53. The molecule has 0 saturated carbocycles. The zero-order valence-corrected chi connectivity index (χ0v) is 20.3. The Bertz CT molecular complexity index is 972. The first kappa shape index (κ1) is 24.8. The van der Waals surface area contributed by atoms with E-state index in [4.69, 9.17) is 10.8 Å². The summed E-state index contributed by atoms with van der Waals surface area (Å²) in [5.41, 5.74) is 5.40. The Balaban J connectivity index is 1.69. The molecule has 2 heterocycles. The van der Waals surface area contributed by atoms with E-state index in [0.717, 1.165) is 61.6 Å². The number of amides is 2. The van der Waals surface area contributed by atoms with Crippen LogP contribution in [0.25, 0.3) is 0 Å². The van der Waals surface area contributed by atoms with Crippen LogP contribution in [0.15, 0.2) is 29.3 Å². The van der Waals surface area contributed by atoms with Gasteiger partial charge in [0, 0.05) is 39.0 Å². The number of benzene rings is 1. The van der Waals surface area contributed by atoms with E-state index < -0.39 is 0 Å². The first-order valence-corrected chi connectivity index (χ1v) is 11.9. The van der Waals surface area contributed by atoms with E-state index in [1.54, 1.807) is 4.90 Å². The topological polar surface area (TPSA) is 116 Å². The second-order valence-electron chi connectivity index (χ2n) is 8.47. The molecular formula is C23H33N7O2S. The molecule has 178 valence electrons. The molecule has 2 aromatic rings. The number of aryl methyl sites for hydroxylation is 2. The minimum absolute atomic E-state index is 0.0376. The Morgan fingerprint density at radius 3 is 2.73 bits per heavy atom. The number of aromatic nitrogens is 1. The van der Waals surface area contributed by atoms with Gasteiger partial charge in [0.05, 0.1) is 17.3 Å². The maximum absolute atomic E-state index is 12.5. The number of nitrogens with one attached hydrogen (secondary N) is 2. The van der Waals surface area contributed by atoms with E-state index in [-0.39, 0.29) is 17.7 Å². The van der Waals surface area contributed by atoms with Crippen molar-refractivity contribution in [3.05, 3.63) is 40.4 Å². The first-order chi connectivity index (χ1) is 15.9. The Labute approximate surface area is 199 Å². The van der Waals surface area contributed by atoms with Crippen LogP contribution in [-0.2, 0) is 29.0 Å². The summed E-state index contributed by atoms with van der Waals surface area (Å²) in [4.78, 5) is 38.1. The van der Waals surface area contributed by atoms with Gasteiger partial charge in [-0.1, -0.05) is 12.1 Å². The number of hydrazine groups is 1. The molecule has 0 bridgehead atoms. The number of hydrogen-bond donors (Lipinski definition) is 3. The molecule has 1 saturated heterocycles. The molecule has 1 aliphatic rings. The van der Waals surface area contributed by atoms with E-state index >= 15 is 0 Å². The van der Waals surface area contributed by atoms with Crippen LogP contribution in [0.4, 0.5) is 10.8 Å². The van der Waals surface area contributed by atoms with E-state index in [0.29, 0.717) is 5.13 Å². The van der Waals surface area contributed by atoms with Gasteiger partial charge in [-0.15, -0.1) is 11.3 Å². The number of nitrogens with zero attached hydrogens (tertiary/aromatic N) is 4. The minimum atomic E-state index is -0.125. The molecule has 0 aliphatic carbocycles. The highest BCUT2D eigenvalue weighted by molar-refractivity contribution is 7.15. The Morgan fingerprint density at radius 2 is 2.06 bits per heavy atom. The number of carbonyl (C=O) groups is 2. The average molecular weight is 472 g/mol. The van der Waals surface area contributed by atoms with Gasteiger partial charge in [-0.25, -0.2) is 15.8 Å². The number of piperidine rings is 1. The van der Waals surface area contributed by atoms with E-state index in [2.05, 4.69) is 20.6 Å². The molecule has 33 heavy (non-hydrogen) atoms. The van der Waals surface area contributed by atoms with Crippen molar-refractivity contribution < 1.29 is 9.59 Å². The van der Waals surface area contributed by atoms with Crippen LogP contribution in [0.5, 0.6) is 0 Å². The highest BCUT2D eigenvalue weighted by atomic mass is 32.1. The zero-order chi connectivity index (χ0) is 23.8. The van der Waals surface area contributed by atoms with Crippen molar-refractivity contribution in [2.24, 2.45) is 16.8 Å². The summed E-state index contributed by atoms with van der Waals surface area (Å²) in [5.74, 6) is 5.32. The molecule has 10 heteroatoms. The largest absolute Gasteiger partial charge is 0.349 e. The zero-order valence-electron chi connectivity index (χ0n) is 19.5. The molecule has 0 unspecified atom stereocenters. The molecule has 9 nitrogen and oxygen atoms in total. The quantitative estimate of drug-likeness (QED) is 0.224. The van der Waals surface area contributed by atoms with Crippen LogP contribution in [0.2, 0.25) is 0 Å². The summed E-state index contributed by atoms with van der Waals surface area (Å²) in [7, 11) is 3.63. The van der Waals surface area contributed by atoms with E-state index in [9.17, 15) is 9.59 Å². The van der Waals surface area contributed by atoms with Crippen LogP contribution in [0, 0.1) is 5.92 Å². The maximum Gasteiger partial charge on any atom is 0.226 e. The van der Waals surface area contributed by atoms with Gasteiger partial charge in [0.2, 0.25) is 11.8 Å². The summed E-state index contributed by atoms with van der Waals surface area (Å²) in [6.45, 7) is 3.95.